The third-order valence-electron chi connectivity index (χ3n) is 3.77. The van der Waals surface area contributed by atoms with Crippen molar-refractivity contribution >= 4 is 16.8 Å². The average Bonchev–Trinajstić information content (AvgIpc) is 3.04. The third-order valence-corrected chi connectivity index (χ3v) is 3.77. The topological polar surface area (TPSA) is 95.6 Å². The van der Waals surface area contributed by atoms with Gasteiger partial charge in [-0.2, -0.15) is 5.10 Å². The van der Waals surface area contributed by atoms with Gasteiger partial charge in [0.15, 0.2) is 5.82 Å². The highest BCUT2D eigenvalue weighted by molar-refractivity contribution is 5.99. The van der Waals surface area contributed by atoms with Gasteiger partial charge >= 0.3 is 5.69 Å². The van der Waals surface area contributed by atoms with Crippen LogP contribution in [0.25, 0.3) is 10.9 Å². The van der Waals surface area contributed by atoms with Crippen molar-refractivity contribution in [2.75, 3.05) is 0 Å². The van der Waals surface area contributed by atoms with Crippen LogP contribution in [0.1, 0.15) is 34.8 Å². The number of amides is 1. The molecule has 2 heterocycles. The highest BCUT2D eigenvalue weighted by Crippen LogP contribution is 2.22. The van der Waals surface area contributed by atoms with Crippen molar-refractivity contribution in [2.24, 2.45) is 7.05 Å². The van der Waals surface area contributed by atoms with Gasteiger partial charge in [0, 0.05) is 12.4 Å². The first-order valence-corrected chi connectivity index (χ1v) is 6.98. The van der Waals surface area contributed by atoms with Crippen molar-refractivity contribution in [3.05, 3.63) is 51.8 Å². The number of aromatic amines is 2. The Balaban J connectivity index is 1.91. The van der Waals surface area contributed by atoms with E-state index in [2.05, 4.69) is 20.5 Å². The van der Waals surface area contributed by atoms with Gasteiger partial charge < -0.3 is 9.88 Å². The molecule has 3 N–H and O–H groups in total. The second-order valence-electron chi connectivity index (χ2n) is 5.36. The van der Waals surface area contributed by atoms with Gasteiger partial charge in [-0.15, -0.1) is 0 Å². The van der Waals surface area contributed by atoms with Crippen LogP contribution in [-0.4, -0.2) is 25.7 Å². The molecule has 1 amide bonds. The molecule has 0 saturated carbocycles. The van der Waals surface area contributed by atoms with Gasteiger partial charge in [-0.25, -0.2) is 9.89 Å². The van der Waals surface area contributed by atoms with Gasteiger partial charge in [0.05, 0.1) is 11.6 Å². The van der Waals surface area contributed by atoms with Gasteiger partial charge in [0.1, 0.15) is 5.69 Å². The van der Waals surface area contributed by atoms with E-state index in [0.29, 0.717) is 11.5 Å². The summed E-state index contributed by atoms with van der Waals surface area (Å²) < 4.78 is 1.88. The molecule has 0 saturated heterocycles. The molecule has 1 unspecified atom stereocenters. The lowest BCUT2D eigenvalue weighted by molar-refractivity contribution is 0.0930. The number of aryl methyl sites for hydroxylation is 2. The second-order valence-corrected chi connectivity index (χ2v) is 5.36. The number of nitrogens with one attached hydrogen (secondary N) is 3. The first-order valence-electron chi connectivity index (χ1n) is 6.98. The normalized spacial score (nSPS) is 12.5. The molecule has 0 spiro atoms. The van der Waals surface area contributed by atoms with Gasteiger partial charge in [-0.1, -0.05) is 18.2 Å². The van der Waals surface area contributed by atoms with Crippen LogP contribution < -0.4 is 11.0 Å². The number of hydrogen-bond acceptors (Lipinski definition) is 3. The lowest BCUT2D eigenvalue weighted by Crippen LogP contribution is -2.29. The summed E-state index contributed by atoms with van der Waals surface area (Å²) in [7, 11) is 1.87. The first-order chi connectivity index (χ1) is 10.5. The molecule has 0 radical (unpaired) electrons. The molecule has 0 aliphatic rings. The maximum absolute atomic E-state index is 12.5. The van der Waals surface area contributed by atoms with Crippen LogP contribution in [0.3, 0.4) is 0 Å². The summed E-state index contributed by atoms with van der Waals surface area (Å²) in [6, 6.07) is 7.42. The number of hydrogen-bond donors (Lipinski definition) is 3. The molecule has 114 valence electrons. The van der Waals surface area contributed by atoms with Crippen LogP contribution in [0.4, 0.5) is 0 Å². The van der Waals surface area contributed by atoms with Crippen LogP contribution in [-0.2, 0) is 7.05 Å². The zero-order valence-corrected chi connectivity index (χ0v) is 12.6. The Labute approximate surface area is 126 Å². The Kier molecular flexibility index (Phi) is 3.32. The summed E-state index contributed by atoms with van der Waals surface area (Å²) in [6.07, 6.45) is 0. The second kappa shape index (κ2) is 5.18. The van der Waals surface area contributed by atoms with E-state index in [1.807, 2.05) is 42.8 Å². The summed E-state index contributed by atoms with van der Waals surface area (Å²) >= 11 is 0. The van der Waals surface area contributed by atoms with E-state index < -0.39 is 11.7 Å². The third kappa shape index (κ3) is 2.30. The molecule has 0 aliphatic heterocycles. The number of H-pyrrole nitrogens is 2. The molecule has 1 atom stereocenters. The maximum Gasteiger partial charge on any atom is 0.340 e. The minimum absolute atomic E-state index is 0.213. The van der Waals surface area contributed by atoms with Crippen LogP contribution in [0.5, 0.6) is 0 Å². The van der Waals surface area contributed by atoms with Crippen LogP contribution >= 0.6 is 0 Å². The van der Waals surface area contributed by atoms with E-state index in [1.54, 1.807) is 6.92 Å². The van der Waals surface area contributed by atoms with Crippen molar-refractivity contribution in [2.45, 2.75) is 19.9 Å². The molecular formula is C15H17N5O2. The summed E-state index contributed by atoms with van der Waals surface area (Å²) in [5.41, 5.74) is 2.32. The van der Waals surface area contributed by atoms with Gasteiger partial charge in [-0.05, 0) is 25.5 Å². The van der Waals surface area contributed by atoms with E-state index in [1.165, 1.54) is 0 Å². The minimum Gasteiger partial charge on any atom is -0.341 e. The highest BCUT2D eigenvalue weighted by Gasteiger charge is 2.18. The molecule has 1 aromatic carbocycles. The highest BCUT2D eigenvalue weighted by atomic mass is 16.2. The molecule has 3 aromatic rings. The predicted octanol–water partition coefficient (Wildman–Crippen LogP) is 1.39. The van der Waals surface area contributed by atoms with E-state index in [0.717, 1.165) is 16.5 Å². The van der Waals surface area contributed by atoms with Gasteiger partial charge in [0.25, 0.3) is 5.91 Å². The number of nitrogens with zero attached hydrogens (tertiary/aromatic N) is 2. The number of benzene rings is 1. The lowest BCUT2D eigenvalue weighted by atomic mass is 10.2. The minimum atomic E-state index is -0.398. The standard InChI is InChI=1S/C15H17N5O2/c1-8-5-4-6-10-7-11(20(3)12(8)10)14(21)16-9(2)13-17-15(22)19-18-13/h4-7,9H,1-3H3,(H,16,21)(H2,17,18,19,22). The Morgan fingerprint density at radius 2 is 2.18 bits per heavy atom. The Morgan fingerprint density at radius 1 is 1.41 bits per heavy atom. The first kappa shape index (κ1) is 14.1. The van der Waals surface area contributed by atoms with E-state index >= 15 is 0 Å². The van der Waals surface area contributed by atoms with Crippen LogP contribution in [0, 0.1) is 6.92 Å². The fraction of sp³-hybridized carbons (Fsp3) is 0.267. The quantitative estimate of drug-likeness (QED) is 0.682. The Hall–Kier alpha value is -2.83. The molecule has 0 fully saturated rings. The number of aromatic nitrogens is 4. The number of carbonyl (C=O) groups excluding carboxylic acids is 1. The van der Waals surface area contributed by atoms with Crippen LogP contribution in [0.15, 0.2) is 29.1 Å². The fourth-order valence-corrected chi connectivity index (χ4v) is 2.67. The SMILES string of the molecule is Cc1cccc2cc(C(=O)NC(C)c3n[nH]c(=O)[nH]3)n(C)c12. The summed E-state index contributed by atoms with van der Waals surface area (Å²) in [4.78, 5) is 26.1. The number of carbonyl (C=O) groups is 1. The molecule has 22 heavy (non-hydrogen) atoms. The van der Waals surface area contributed by atoms with Crippen molar-refractivity contribution < 1.29 is 4.79 Å². The predicted molar refractivity (Wildman–Crippen MR) is 82.7 cm³/mol. The largest absolute Gasteiger partial charge is 0.341 e. The Morgan fingerprint density at radius 3 is 2.82 bits per heavy atom. The monoisotopic (exact) mass is 299 g/mol. The zero-order chi connectivity index (χ0) is 15.9. The summed E-state index contributed by atoms with van der Waals surface area (Å²) in [5, 5.41) is 9.97. The summed E-state index contributed by atoms with van der Waals surface area (Å²) in [6.45, 7) is 3.78. The molecule has 3 rings (SSSR count). The van der Waals surface area contributed by atoms with E-state index in [9.17, 15) is 9.59 Å². The molecule has 0 bridgehead atoms. The summed E-state index contributed by atoms with van der Waals surface area (Å²) in [5.74, 6) is 0.183. The van der Waals surface area contributed by atoms with Crippen LogP contribution in [0.2, 0.25) is 0 Å². The number of para-hydroxylation sites is 1. The molecule has 7 heteroatoms. The molecular weight excluding hydrogens is 282 g/mol. The van der Waals surface area contributed by atoms with Gasteiger partial charge in [0.2, 0.25) is 0 Å². The van der Waals surface area contributed by atoms with E-state index in [-0.39, 0.29) is 5.91 Å². The van der Waals surface area contributed by atoms with Crippen molar-refractivity contribution in [1.29, 1.82) is 0 Å². The van der Waals surface area contributed by atoms with E-state index in [4.69, 9.17) is 0 Å². The van der Waals surface area contributed by atoms with Gasteiger partial charge in [-0.3, -0.25) is 9.78 Å². The van der Waals surface area contributed by atoms with Crippen molar-refractivity contribution in [1.82, 2.24) is 25.1 Å². The molecule has 2 aromatic heterocycles. The Bertz CT molecular complexity index is 902. The molecule has 7 nitrogen and oxygen atoms in total. The van der Waals surface area contributed by atoms with Crippen molar-refractivity contribution in [3.63, 3.8) is 0 Å². The van der Waals surface area contributed by atoms with Crippen molar-refractivity contribution in [3.8, 4) is 0 Å². The fourth-order valence-electron chi connectivity index (χ4n) is 2.67. The average molecular weight is 299 g/mol. The maximum atomic E-state index is 12.5. The molecule has 0 aliphatic carbocycles. The number of fused-ring (bicyclic) bond motifs is 1. The smallest absolute Gasteiger partial charge is 0.340 e. The number of rotatable bonds is 3. The zero-order valence-electron chi connectivity index (χ0n) is 12.6. The lowest BCUT2D eigenvalue weighted by Gasteiger charge is -2.11.